The number of nitrogens with zero attached hydrogens (tertiary/aromatic N) is 2. The van der Waals surface area contributed by atoms with Gasteiger partial charge < -0.3 is 19.9 Å². The lowest BCUT2D eigenvalue weighted by Gasteiger charge is -2.37. The van der Waals surface area contributed by atoms with Crippen molar-refractivity contribution in [1.82, 2.24) is 9.55 Å². The summed E-state index contributed by atoms with van der Waals surface area (Å²) >= 11 is 0. The number of aromatic nitrogens is 2. The minimum Gasteiger partial charge on any atom is -0.463 e. The lowest BCUT2D eigenvalue weighted by molar-refractivity contribution is -0.144. The van der Waals surface area contributed by atoms with Crippen molar-refractivity contribution in [2.24, 2.45) is 0 Å². The topological polar surface area (TPSA) is 106 Å². The molecule has 202 valence electrons. The zero-order valence-corrected chi connectivity index (χ0v) is 21.9. The second kappa shape index (κ2) is 13.5. The Kier molecular flexibility index (Phi) is 9.61. The number of hydrogen-bond acceptors (Lipinski definition) is 7. The number of rotatable bonds is 13. The SMILES string of the molecule is CC(=O)OCCO[C@@H](CCn1ccc(N)nc1=O)COC(c1ccccc1)(c1ccccc1)c1ccccc1. The number of nitrogen functional groups attached to an aromatic ring is 1. The van der Waals surface area contributed by atoms with Crippen LogP contribution in [-0.2, 0) is 31.2 Å². The van der Waals surface area contributed by atoms with Gasteiger partial charge in [0.1, 0.15) is 18.0 Å². The smallest absolute Gasteiger partial charge is 0.349 e. The van der Waals surface area contributed by atoms with Gasteiger partial charge in [0.05, 0.1) is 19.3 Å². The van der Waals surface area contributed by atoms with E-state index in [0.29, 0.717) is 13.0 Å². The molecule has 8 nitrogen and oxygen atoms in total. The summed E-state index contributed by atoms with van der Waals surface area (Å²) in [7, 11) is 0. The second-order valence-corrected chi connectivity index (χ2v) is 9.04. The van der Waals surface area contributed by atoms with Crippen molar-refractivity contribution in [2.75, 3.05) is 25.6 Å². The summed E-state index contributed by atoms with van der Waals surface area (Å²) in [6, 6.07) is 31.8. The quantitative estimate of drug-likeness (QED) is 0.158. The molecule has 0 radical (unpaired) electrons. The highest BCUT2D eigenvalue weighted by Gasteiger charge is 2.38. The fourth-order valence-corrected chi connectivity index (χ4v) is 4.50. The van der Waals surface area contributed by atoms with Crippen LogP contribution in [0, 0.1) is 0 Å². The molecule has 2 N–H and O–H groups in total. The van der Waals surface area contributed by atoms with E-state index in [1.54, 1.807) is 12.3 Å². The molecular formula is C31H33N3O5. The van der Waals surface area contributed by atoms with Crippen LogP contribution in [0.4, 0.5) is 5.82 Å². The van der Waals surface area contributed by atoms with Crippen LogP contribution in [0.15, 0.2) is 108 Å². The summed E-state index contributed by atoms with van der Waals surface area (Å²) in [6.07, 6.45) is 1.66. The fourth-order valence-electron chi connectivity index (χ4n) is 4.50. The van der Waals surface area contributed by atoms with Crippen LogP contribution in [0.5, 0.6) is 0 Å². The molecule has 0 aliphatic heterocycles. The molecule has 4 aromatic rings. The van der Waals surface area contributed by atoms with Crippen LogP contribution < -0.4 is 11.4 Å². The largest absolute Gasteiger partial charge is 0.463 e. The summed E-state index contributed by atoms with van der Waals surface area (Å²) in [5.41, 5.74) is 7.21. The number of nitrogens with two attached hydrogens (primary N) is 1. The zero-order chi connectivity index (χ0) is 27.5. The molecule has 1 heterocycles. The minimum atomic E-state index is -0.916. The van der Waals surface area contributed by atoms with Gasteiger partial charge in [0.15, 0.2) is 0 Å². The van der Waals surface area contributed by atoms with Crippen LogP contribution in [0.2, 0.25) is 0 Å². The highest BCUT2D eigenvalue weighted by Crippen LogP contribution is 2.40. The minimum absolute atomic E-state index is 0.121. The van der Waals surface area contributed by atoms with Crippen LogP contribution >= 0.6 is 0 Å². The van der Waals surface area contributed by atoms with Crippen LogP contribution in [-0.4, -0.2) is 41.4 Å². The van der Waals surface area contributed by atoms with E-state index in [1.807, 2.05) is 54.6 Å². The molecule has 0 amide bonds. The lowest BCUT2D eigenvalue weighted by atomic mass is 9.80. The van der Waals surface area contributed by atoms with Crippen molar-refractivity contribution in [3.63, 3.8) is 0 Å². The summed E-state index contributed by atoms with van der Waals surface area (Å²) in [6.45, 7) is 2.22. The van der Waals surface area contributed by atoms with Gasteiger partial charge in [-0.15, -0.1) is 0 Å². The Labute approximate surface area is 228 Å². The van der Waals surface area contributed by atoms with E-state index in [2.05, 4.69) is 41.4 Å². The van der Waals surface area contributed by atoms with Gasteiger partial charge in [-0.25, -0.2) is 4.79 Å². The van der Waals surface area contributed by atoms with Crippen molar-refractivity contribution in [3.05, 3.63) is 130 Å². The predicted molar refractivity (Wildman–Crippen MR) is 149 cm³/mol. The van der Waals surface area contributed by atoms with Crippen LogP contribution in [0.3, 0.4) is 0 Å². The molecular weight excluding hydrogens is 494 g/mol. The molecule has 0 spiro atoms. The van der Waals surface area contributed by atoms with E-state index < -0.39 is 17.4 Å². The molecule has 0 saturated carbocycles. The molecule has 1 aromatic heterocycles. The first-order valence-corrected chi connectivity index (χ1v) is 12.9. The van der Waals surface area contributed by atoms with E-state index in [-0.39, 0.29) is 31.6 Å². The number of carbonyl (C=O) groups excluding carboxylic acids is 1. The molecule has 0 aliphatic rings. The first-order valence-electron chi connectivity index (χ1n) is 12.9. The highest BCUT2D eigenvalue weighted by molar-refractivity contribution is 5.65. The maximum Gasteiger partial charge on any atom is 0.349 e. The first-order chi connectivity index (χ1) is 19.0. The van der Waals surface area contributed by atoms with Gasteiger partial charge in [0.2, 0.25) is 0 Å². The molecule has 3 aromatic carbocycles. The fraction of sp³-hybridized carbons (Fsp3) is 0.258. The van der Waals surface area contributed by atoms with Gasteiger partial charge >= 0.3 is 11.7 Å². The van der Waals surface area contributed by atoms with E-state index in [1.165, 1.54) is 11.5 Å². The van der Waals surface area contributed by atoms with E-state index >= 15 is 0 Å². The van der Waals surface area contributed by atoms with Gasteiger partial charge in [0.25, 0.3) is 0 Å². The molecule has 8 heteroatoms. The van der Waals surface area contributed by atoms with E-state index in [4.69, 9.17) is 19.9 Å². The van der Waals surface area contributed by atoms with Crippen LogP contribution in [0.1, 0.15) is 30.0 Å². The average Bonchev–Trinajstić information content (AvgIpc) is 2.96. The van der Waals surface area contributed by atoms with Crippen molar-refractivity contribution >= 4 is 11.8 Å². The molecule has 0 bridgehead atoms. The van der Waals surface area contributed by atoms with Crippen LogP contribution in [0.25, 0.3) is 0 Å². The van der Waals surface area contributed by atoms with Gasteiger partial charge in [-0.3, -0.25) is 9.36 Å². The number of ether oxygens (including phenoxy) is 3. The van der Waals surface area contributed by atoms with E-state index in [9.17, 15) is 9.59 Å². The number of esters is 1. The van der Waals surface area contributed by atoms with E-state index in [0.717, 1.165) is 16.7 Å². The summed E-state index contributed by atoms with van der Waals surface area (Å²) < 4.78 is 19.6. The lowest BCUT2D eigenvalue weighted by Crippen LogP contribution is -2.37. The summed E-state index contributed by atoms with van der Waals surface area (Å²) in [5.74, 6) is -0.200. The van der Waals surface area contributed by atoms with Gasteiger partial charge in [-0.1, -0.05) is 91.0 Å². The Bertz CT molecular complexity index is 1280. The zero-order valence-electron chi connectivity index (χ0n) is 21.9. The molecule has 0 fully saturated rings. The number of hydrogen-bond donors (Lipinski definition) is 1. The average molecular weight is 528 g/mol. The maximum atomic E-state index is 12.3. The van der Waals surface area contributed by atoms with Gasteiger partial charge in [0, 0.05) is 19.7 Å². The Balaban J connectivity index is 1.65. The molecule has 39 heavy (non-hydrogen) atoms. The number of anilines is 1. The van der Waals surface area contributed by atoms with Gasteiger partial charge in [-0.05, 0) is 29.2 Å². The molecule has 1 atom stereocenters. The summed E-state index contributed by atoms with van der Waals surface area (Å²) in [5, 5.41) is 0. The van der Waals surface area contributed by atoms with Gasteiger partial charge in [-0.2, -0.15) is 4.98 Å². The first kappa shape index (κ1) is 27.8. The van der Waals surface area contributed by atoms with Crippen molar-refractivity contribution in [3.8, 4) is 0 Å². The Morgan fingerprint density at radius 3 is 1.90 bits per heavy atom. The number of benzene rings is 3. The Morgan fingerprint density at radius 2 is 1.41 bits per heavy atom. The third-order valence-corrected chi connectivity index (χ3v) is 6.36. The maximum absolute atomic E-state index is 12.3. The summed E-state index contributed by atoms with van der Waals surface area (Å²) in [4.78, 5) is 27.3. The monoisotopic (exact) mass is 527 g/mol. The Morgan fingerprint density at radius 1 is 0.872 bits per heavy atom. The molecule has 0 aliphatic carbocycles. The normalized spacial score (nSPS) is 12.1. The van der Waals surface area contributed by atoms with Crippen molar-refractivity contribution < 1.29 is 19.0 Å². The molecule has 0 saturated heterocycles. The number of carbonyl (C=O) groups is 1. The second-order valence-electron chi connectivity index (χ2n) is 9.04. The van der Waals surface area contributed by atoms with Crippen molar-refractivity contribution in [2.45, 2.75) is 31.6 Å². The van der Waals surface area contributed by atoms with Crippen molar-refractivity contribution in [1.29, 1.82) is 0 Å². The highest BCUT2D eigenvalue weighted by atomic mass is 16.6. The number of aryl methyl sites for hydroxylation is 1. The predicted octanol–water partition coefficient (Wildman–Crippen LogP) is 4.17. The Hall–Kier alpha value is -4.27. The third-order valence-electron chi connectivity index (χ3n) is 6.36. The third kappa shape index (κ3) is 7.19. The molecule has 4 rings (SSSR count). The molecule has 0 unspecified atom stereocenters. The standard InChI is InChI=1S/C31H33N3O5/c1-24(35)37-21-22-38-28(17-19-34-20-18-29(32)33-30(34)36)23-39-31(25-11-5-2-6-12-25,26-13-7-3-8-14-26)27-15-9-4-10-16-27/h2-16,18,20,28H,17,19,21-23H2,1H3,(H2,32,33,36)/t28-/m0/s1.